The van der Waals surface area contributed by atoms with Gasteiger partial charge in [-0.3, -0.25) is 0 Å². The molecule has 0 aromatic carbocycles. The summed E-state index contributed by atoms with van der Waals surface area (Å²) in [5, 5.41) is 8.14. The first-order valence-electron chi connectivity index (χ1n) is 5.67. The van der Waals surface area contributed by atoms with E-state index in [0.717, 1.165) is 18.3 Å². The van der Waals surface area contributed by atoms with E-state index in [1.54, 1.807) is 0 Å². The van der Waals surface area contributed by atoms with Crippen LogP contribution in [0.5, 0.6) is 0 Å². The first kappa shape index (κ1) is 11.7. The second kappa shape index (κ2) is 3.63. The Bertz CT molecular complexity index is 219. The minimum absolute atomic E-state index is 0.0168. The van der Waals surface area contributed by atoms with Crippen LogP contribution in [0.25, 0.3) is 0 Å². The van der Waals surface area contributed by atoms with E-state index in [0.29, 0.717) is 5.41 Å². The van der Waals surface area contributed by atoms with Crippen LogP contribution in [-0.4, -0.2) is 5.66 Å². The third kappa shape index (κ3) is 3.39. The Balaban J connectivity index is 2.29. The molecule has 0 bridgehead atoms. The van der Waals surface area contributed by atoms with Gasteiger partial charge in [0.1, 0.15) is 0 Å². The van der Waals surface area contributed by atoms with E-state index in [2.05, 4.69) is 51.8 Å². The summed E-state index contributed by atoms with van der Waals surface area (Å²) in [4.78, 5) is 0. The van der Waals surface area contributed by atoms with Crippen molar-refractivity contribution in [2.45, 2.75) is 60.0 Å². The lowest BCUT2D eigenvalue weighted by atomic mass is 9.76. The lowest BCUT2D eigenvalue weighted by Gasteiger charge is -2.29. The fourth-order valence-electron chi connectivity index (χ4n) is 1.87. The highest BCUT2D eigenvalue weighted by atomic mass is 15.4. The van der Waals surface area contributed by atoms with Crippen LogP contribution in [0.15, 0.2) is 10.2 Å². The molecule has 1 heterocycles. The summed E-state index contributed by atoms with van der Waals surface area (Å²) in [6, 6.07) is 0. The maximum Gasteiger partial charge on any atom is 0.188 e. The van der Waals surface area contributed by atoms with Gasteiger partial charge in [-0.2, -0.15) is 10.2 Å². The predicted molar refractivity (Wildman–Crippen MR) is 60.3 cm³/mol. The molecule has 2 atom stereocenters. The van der Waals surface area contributed by atoms with Crippen molar-refractivity contribution >= 4 is 0 Å². The molecule has 0 fully saturated rings. The van der Waals surface area contributed by atoms with Gasteiger partial charge in [0.25, 0.3) is 0 Å². The van der Waals surface area contributed by atoms with Crippen molar-refractivity contribution in [2.75, 3.05) is 0 Å². The summed E-state index contributed by atoms with van der Waals surface area (Å²) in [5.41, 5.74) is 0.407. The molecule has 2 heteroatoms. The lowest BCUT2D eigenvalue weighted by Crippen LogP contribution is -2.21. The van der Waals surface area contributed by atoms with E-state index < -0.39 is 0 Å². The van der Waals surface area contributed by atoms with E-state index in [9.17, 15) is 0 Å². The fraction of sp³-hybridized carbons (Fsp3) is 1.00. The van der Waals surface area contributed by atoms with Gasteiger partial charge < -0.3 is 0 Å². The number of hydrogen-bond donors (Lipinski definition) is 0. The summed E-state index contributed by atoms with van der Waals surface area (Å²) in [6.45, 7) is 13.7. The van der Waals surface area contributed by atoms with E-state index >= 15 is 0 Å². The van der Waals surface area contributed by atoms with Crippen LogP contribution in [0, 0.1) is 17.3 Å². The van der Waals surface area contributed by atoms with Gasteiger partial charge in [0, 0.05) is 0 Å². The molecular weight excluding hydrogens is 172 g/mol. The smallest absolute Gasteiger partial charge is 0.159 e. The molecule has 1 aliphatic heterocycles. The molecule has 0 saturated heterocycles. The van der Waals surface area contributed by atoms with Crippen molar-refractivity contribution in [3.05, 3.63) is 0 Å². The quantitative estimate of drug-likeness (QED) is 0.641. The van der Waals surface area contributed by atoms with Crippen LogP contribution in [0.3, 0.4) is 0 Å². The Morgan fingerprint density at radius 3 is 2.00 bits per heavy atom. The van der Waals surface area contributed by atoms with Crippen LogP contribution < -0.4 is 0 Å². The van der Waals surface area contributed by atoms with E-state index in [4.69, 9.17) is 0 Å². The average Bonchev–Trinajstić information content (AvgIpc) is 2.64. The predicted octanol–water partition coefficient (Wildman–Crippen LogP) is 4.27. The van der Waals surface area contributed by atoms with E-state index in [1.165, 1.54) is 6.42 Å². The van der Waals surface area contributed by atoms with Crippen LogP contribution in [0.1, 0.15) is 54.4 Å². The lowest BCUT2D eigenvalue weighted by molar-refractivity contribution is 0.209. The maximum absolute atomic E-state index is 4.07. The largest absolute Gasteiger partial charge is 0.188 e. The van der Waals surface area contributed by atoms with Gasteiger partial charge in [-0.1, -0.05) is 34.6 Å². The Morgan fingerprint density at radius 2 is 1.64 bits per heavy atom. The molecule has 0 aromatic rings. The molecule has 0 aromatic heterocycles. The maximum atomic E-state index is 4.07. The van der Waals surface area contributed by atoms with Gasteiger partial charge in [-0.15, -0.1) is 0 Å². The summed E-state index contributed by atoms with van der Waals surface area (Å²) in [7, 11) is 0. The van der Waals surface area contributed by atoms with Crippen LogP contribution in [0.2, 0.25) is 0 Å². The highest BCUT2D eigenvalue weighted by molar-refractivity contribution is 4.89. The number of nitrogens with zero attached hydrogens (tertiary/aromatic N) is 2. The summed E-state index contributed by atoms with van der Waals surface area (Å²) >= 11 is 0. The molecule has 14 heavy (non-hydrogen) atoms. The van der Waals surface area contributed by atoms with Gasteiger partial charge >= 0.3 is 0 Å². The average molecular weight is 196 g/mol. The standard InChI is InChI=1S/C12H24N2/c1-9(8-12(6)13-14-12)7-10(2)11(3,4)5/h9-10H,7-8H2,1-6H3. The molecule has 0 aliphatic carbocycles. The summed E-state index contributed by atoms with van der Waals surface area (Å²) < 4.78 is 0. The molecule has 0 spiro atoms. The molecule has 2 unspecified atom stereocenters. The number of rotatable bonds is 4. The Kier molecular flexibility index (Phi) is 3.03. The molecular formula is C12H24N2. The van der Waals surface area contributed by atoms with Gasteiger partial charge in [0.2, 0.25) is 0 Å². The molecule has 1 aliphatic rings. The molecule has 0 radical (unpaired) electrons. The topological polar surface area (TPSA) is 24.7 Å². The molecule has 0 amide bonds. The van der Waals surface area contributed by atoms with Crippen molar-refractivity contribution in [2.24, 2.45) is 27.5 Å². The van der Waals surface area contributed by atoms with Crippen molar-refractivity contribution in [3.8, 4) is 0 Å². The van der Waals surface area contributed by atoms with Gasteiger partial charge in [-0.25, -0.2) is 0 Å². The zero-order valence-corrected chi connectivity index (χ0v) is 10.5. The van der Waals surface area contributed by atoms with Crippen molar-refractivity contribution < 1.29 is 0 Å². The molecule has 2 nitrogen and oxygen atoms in total. The highest BCUT2D eigenvalue weighted by Gasteiger charge is 2.36. The Hall–Kier alpha value is -0.400. The second-order valence-electron chi connectivity index (χ2n) is 6.23. The second-order valence-corrected chi connectivity index (χ2v) is 6.23. The van der Waals surface area contributed by atoms with Crippen molar-refractivity contribution in [1.29, 1.82) is 0 Å². The van der Waals surface area contributed by atoms with Crippen molar-refractivity contribution in [3.63, 3.8) is 0 Å². The summed E-state index contributed by atoms with van der Waals surface area (Å²) in [5.74, 6) is 1.49. The normalized spacial score (nSPS) is 23.3. The van der Waals surface area contributed by atoms with E-state index in [1.807, 2.05) is 0 Å². The molecule has 82 valence electrons. The monoisotopic (exact) mass is 196 g/mol. The Labute approximate surface area is 88.2 Å². The molecule has 1 rings (SSSR count). The Morgan fingerprint density at radius 1 is 1.14 bits per heavy atom. The minimum Gasteiger partial charge on any atom is -0.159 e. The molecule has 0 saturated carbocycles. The van der Waals surface area contributed by atoms with Gasteiger partial charge in [-0.05, 0) is 37.0 Å². The van der Waals surface area contributed by atoms with Gasteiger partial charge in [0.05, 0.1) is 0 Å². The fourth-order valence-corrected chi connectivity index (χ4v) is 1.87. The third-order valence-electron chi connectivity index (χ3n) is 3.41. The zero-order valence-electron chi connectivity index (χ0n) is 10.5. The van der Waals surface area contributed by atoms with E-state index in [-0.39, 0.29) is 5.66 Å². The zero-order chi connectivity index (χ0) is 11.0. The minimum atomic E-state index is -0.0168. The highest BCUT2D eigenvalue weighted by Crippen LogP contribution is 2.38. The molecule has 0 N–H and O–H groups in total. The number of hydrogen-bond acceptors (Lipinski definition) is 2. The van der Waals surface area contributed by atoms with Crippen LogP contribution >= 0.6 is 0 Å². The third-order valence-corrected chi connectivity index (χ3v) is 3.41. The SMILES string of the molecule is CC(CC(C)C(C)(C)C)CC1(C)N=N1. The first-order valence-corrected chi connectivity index (χ1v) is 5.67. The summed E-state index contributed by atoms with van der Waals surface area (Å²) in [6.07, 6.45) is 2.40. The van der Waals surface area contributed by atoms with Gasteiger partial charge in [0.15, 0.2) is 5.66 Å². The van der Waals surface area contributed by atoms with Crippen molar-refractivity contribution in [1.82, 2.24) is 0 Å². The van der Waals surface area contributed by atoms with Crippen LogP contribution in [0.4, 0.5) is 0 Å². The first-order chi connectivity index (χ1) is 6.23. The van der Waals surface area contributed by atoms with Crippen LogP contribution in [-0.2, 0) is 0 Å².